The van der Waals surface area contributed by atoms with E-state index in [9.17, 15) is 0 Å². The molecule has 3 fully saturated rings. The molecule has 1 atom stereocenters. The molecule has 0 aromatic heterocycles. The van der Waals surface area contributed by atoms with E-state index >= 15 is 0 Å². The Kier molecular flexibility index (Phi) is 2.31. The maximum atomic E-state index is 3.47. The number of hydrogen-bond donors (Lipinski definition) is 1. The molecule has 0 amide bonds. The predicted molar refractivity (Wildman–Crippen MR) is 59.2 cm³/mol. The smallest absolute Gasteiger partial charge is 0.00203 e. The molecular weight excluding hydrogens is 170 g/mol. The van der Waals surface area contributed by atoms with Crippen molar-refractivity contribution in [2.45, 2.75) is 51.4 Å². The molecule has 1 spiro atoms. The van der Waals surface area contributed by atoms with Gasteiger partial charge in [-0.3, -0.25) is 0 Å². The summed E-state index contributed by atoms with van der Waals surface area (Å²) in [6.45, 7) is 2.66. The highest BCUT2D eigenvalue weighted by Gasteiger charge is 2.45. The summed E-state index contributed by atoms with van der Waals surface area (Å²) >= 11 is 0. The minimum atomic E-state index is 0.780. The molecule has 3 rings (SSSR count). The fraction of sp³-hybridized carbons (Fsp3) is 1.00. The third-order valence-electron chi connectivity index (χ3n) is 5.06. The zero-order chi connectivity index (χ0) is 9.43. The standard InChI is InChI=1S/C13H23N/c1-2-4-11(5-3-1)12-6-7-13(8-12)9-14-10-13/h11-12,14H,1-10H2. The molecule has 2 aliphatic carbocycles. The van der Waals surface area contributed by atoms with E-state index in [1.807, 2.05) is 0 Å². The van der Waals surface area contributed by atoms with Gasteiger partial charge in [0.25, 0.3) is 0 Å². The van der Waals surface area contributed by atoms with Crippen LogP contribution >= 0.6 is 0 Å². The highest BCUT2D eigenvalue weighted by molar-refractivity contribution is 4.99. The first-order chi connectivity index (χ1) is 6.88. The van der Waals surface area contributed by atoms with E-state index in [-0.39, 0.29) is 0 Å². The summed E-state index contributed by atoms with van der Waals surface area (Å²) in [5, 5.41) is 3.47. The van der Waals surface area contributed by atoms with Crippen molar-refractivity contribution < 1.29 is 0 Å². The van der Waals surface area contributed by atoms with Gasteiger partial charge in [0.1, 0.15) is 0 Å². The van der Waals surface area contributed by atoms with Gasteiger partial charge in [0.05, 0.1) is 0 Å². The van der Waals surface area contributed by atoms with Gasteiger partial charge in [-0.05, 0) is 36.5 Å². The molecular formula is C13H23N. The van der Waals surface area contributed by atoms with Crippen LogP contribution in [0, 0.1) is 17.3 Å². The van der Waals surface area contributed by atoms with Crippen molar-refractivity contribution in [3.8, 4) is 0 Å². The summed E-state index contributed by atoms with van der Waals surface area (Å²) in [6, 6.07) is 0. The molecule has 14 heavy (non-hydrogen) atoms. The first-order valence-electron chi connectivity index (χ1n) is 6.59. The molecule has 1 heteroatoms. The van der Waals surface area contributed by atoms with E-state index in [1.165, 1.54) is 38.8 Å². The molecule has 0 aromatic rings. The van der Waals surface area contributed by atoms with Crippen LogP contribution in [0.1, 0.15) is 51.4 Å². The van der Waals surface area contributed by atoms with Gasteiger partial charge in [-0.2, -0.15) is 0 Å². The summed E-state index contributed by atoms with van der Waals surface area (Å²) in [5.41, 5.74) is 0.780. The van der Waals surface area contributed by atoms with Crippen LogP contribution in [-0.2, 0) is 0 Å². The number of nitrogens with one attached hydrogen (secondary N) is 1. The maximum Gasteiger partial charge on any atom is 0.00203 e. The first-order valence-corrected chi connectivity index (χ1v) is 6.59. The average molecular weight is 193 g/mol. The van der Waals surface area contributed by atoms with Crippen LogP contribution in [0.15, 0.2) is 0 Å². The van der Waals surface area contributed by atoms with Crippen molar-refractivity contribution in [2.24, 2.45) is 17.3 Å². The van der Waals surface area contributed by atoms with Crippen LogP contribution in [0.2, 0.25) is 0 Å². The molecule has 2 saturated carbocycles. The van der Waals surface area contributed by atoms with Crippen LogP contribution in [0.25, 0.3) is 0 Å². The topological polar surface area (TPSA) is 12.0 Å². The van der Waals surface area contributed by atoms with Gasteiger partial charge in [-0.25, -0.2) is 0 Å². The molecule has 3 aliphatic rings. The van der Waals surface area contributed by atoms with Gasteiger partial charge in [0, 0.05) is 13.1 Å². The maximum absolute atomic E-state index is 3.47. The molecule has 1 aliphatic heterocycles. The summed E-state index contributed by atoms with van der Waals surface area (Å²) < 4.78 is 0. The van der Waals surface area contributed by atoms with Crippen LogP contribution < -0.4 is 5.32 Å². The van der Waals surface area contributed by atoms with Crippen molar-refractivity contribution >= 4 is 0 Å². The van der Waals surface area contributed by atoms with Crippen molar-refractivity contribution in [1.82, 2.24) is 5.32 Å². The second-order valence-corrected chi connectivity index (χ2v) is 6.00. The Morgan fingerprint density at radius 1 is 0.857 bits per heavy atom. The van der Waals surface area contributed by atoms with E-state index in [0.717, 1.165) is 17.3 Å². The average Bonchev–Trinajstić information content (AvgIpc) is 2.63. The van der Waals surface area contributed by atoms with Crippen LogP contribution in [0.3, 0.4) is 0 Å². The van der Waals surface area contributed by atoms with Gasteiger partial charge in [0.15, 0.2) is 0 Å². The fourth-order valence-corrected chi connectivity index (χ4v) is 4.06. The van der Waals surface area contributed by atoms with E-state index in [0.29, 0.717) is 0 Å². The second-order valence-electron chi connectivity index (χ2n) is 6.00. The zero-order valence-corrected chi connectivity index (χ0v) is 9.23. The third-order valence-corrected chi connectivity index (χ3v) is 5.06. The number of rotatable bonds is 1. The lowest BCUT2D eigenvalue weighted by Gasteiger charge is -2.40. The largest absolute Gasteiger partial charge is 0.316 e. The fourth-order valence-electron chi connectivity index (χ4n) is 4.06. The molecule has 0 radical (unpaired) electrons. The van der Waals surface area contributed by atoms with Crippen LogP contribution in [-0.4, -0.2) is 13.1 Å². The molecule has 1 heterocycles. The van der Waals surface area contributed by atoms with Crippen molar-refractivity contribution in [3.63, 3.8) is 0 Å². The lowest BCUT2D eigenvalue weighted by Crippen LogP contribution is -2.51. The summed E-state index contributed by atoms with van der Waals surface area (Å²) in [6.07, 6.45) is 12.3. The SMILES string of the molecule is C1CCC(C2CCC3(CNC3)C2)CC1. The molecule has 1 unspecified atom stereocenters. The van der Waals surface area contributed by atoms with E-state index < -0.39 is 0 Å². The Bertz CT molecular complexity index is 201. The minimum Gasteiger partial charge on any atom is -0.316 e. The Balaban J connectivity index is 1.58. The highest BCUT2D eigenvalue weighted by Crippen LogP contribution is 2.49. The monoisotopic (exact) mass is 193 g/mol. The second kappa shape index (κ2) is 3.52. The zero-order valence-electron chi connectivity index (χ0n) is 9.23. The molecule has 0 bridgehead atoms. The van der Waals surface area contributed by atoms with E-state index in [2.05, 4.69) is 5.32 Å². The summed E-state index contributed by atoms with van der Waals surface area (Å²) in [4.78, 5) is 0. The third kappa shape index (κ3) is 1.50. The quantitative estimate of drug-likeness (QED) is 0.675. The highest BCUT2D eigenvalue weighted by atomic mass is 15.0. The normalized spacial score (nSPS) is 37.3. The lowest BCUT2D eigenvalue weighted by molar-refractivity contribution is 0.152. The van der Waals surface area contributed by atoms with Crippen molar-refractivity contribution in [3.05, 3.63) is 0 Å². The Labute approximate surface area is 87.7 Å². The van der Waals surface area contributed by atoms with Gasteiger partial charge in [-0.15, -0.1) is 0 Å². The molecule has 1 nitrogen and oxygen atoms in total. The summed E-state index contributed by atoms with van der Waals surface area (Å²) in [5.74, 6) is 2.22. The Hall–Kier alpha value is -0.0400. The summed E-state index contributed by atoms with van der Waals surface area (Å²) in [7, 11) is 0. The minimum absolute atomic E-state index is 0.780. The Morgan fingerprint density at radius 2 is 1.64 bits per heavy atom. The van der Waals surface area contributed by atoms with Gasteiger partial charge >= 0.3 is 0 Å². The molecule has 1 N–H and O–H groups in total. The van der Waals surface area contributed by atoms with Gasteiger partial charge in [-0.1, -0.05) is 32.1 Å². The molecule has 0 aromatic carbocycles. The van der Waals surface area contributed by atoms with E-state index in [1.54, 1.807) is 25.7 Å². The van der Waals surface area contributed by atoms with Crippen molar-refractivity contribution in [2.75, 3.05) is 13.1 Å². The Morgan fingerprint density at radius 3 is 2.21 bits per heavy atom. The molecule has 1 saturated heterocycles. The van der Waals surface area contributed by atoms with Gasteiger partial charge < -0.3 is 5.32 Å². The predicted octanol–water partition coefficient (Wildman–Crippen LogP) is 2.96. The van der Waals surface area contributed by atoms with Crippen molar-refractivity contribution in [1.29, 1.82) is 0 Å². The van der Waals surface area contributed by atoms with Crippen LogP contribution in [0.5, 0.6) is 0 Å². The van der Waals surface area contributed by atoms with Crippen LogP contribution in [0.4, 0.5) is 0 Å². The number of hydrogen-bond acceptors (Lipinski definition) is 1. The molecule has 80 valence electrons. The van der Waals surface area contributed by atoms with Gasteiger partial charge in [0.2, 0.25) is 0 Å². The first kappa shape index (κ1) is 9.21. The van der Waals surface area contributed by atoms with E-state index in [4.69, 9.17) is 0 Å². The lowest BCUT2D eigenvalue weighted by atomic mass is 9.75.